The van der Waals surface area contributed by atoms with Crippen molar-refractivity contribution in [1.82, 2.24) is 4.90 Å². The fourth-order valence-corrected chi connectivity index (χ4v) is 4.99. The van der Waals surface area contributed by atoms with Crippen molar-refractivity contribution in [3.63, 3.8) is 0 Å². The number of nitrogens with zero attached hydrogens (tertiary/aromatic N) is 1. The molecular weight excluding hydrogens is 399 g/mol. The second-order valence-corrected chi connectivity index (χ2v) is 8.68. The molecule has 1 aliphatic heterocycles. The Kier molecular flexibility index (Phi) is 6.27. The van der Waals surface area contributed by atoms with Crippen LogP contribution in [-0.2, 0) is 4.74 Å². The number of ether oxygens (including phenoxy) is 1. The maximum atomic E-state index is 14.1. The maximum Gasteiger partial charge on any atom is 0.256 e. The molecule has 1 aromatic heterocycles. The molecule has 2 heterocycles. The van der Waals surface area contributed by atoms with Gasteiger partial charge in [0.15, 0.2) is 0 Å². The topological polar surface area (TPSA) is 41.6 Å². The number of hydrogen-bond donors (Lipinski definition) is 1. The number of carbonyl (C=O) groups excluding carboxylic acids is 1. The second-order valence-electron chi connectivity index (χ2n) is 7.45. The molecule has 1 saturated heterocycles. The molecule has 4 nitrogen and oxygen atoms in total. The Bertz CT molecular complexity index is 1030. The molecule has 1 fully saturated rings. The SMILES string of the molecule is Cc1sc(NC(=O)c2ccccc2)c(C(c2cccc(F)c2)N2CCOCC2)c1C. The quantitative estimate of drug-likeness (QED) is 0.614. The summed E-state index contributed by atoms with van der Waals surface area (Å²) in [6.45, 7) is 6.91. The molecule has 1 amide bonds. The van der Waals surface area contributed by atoms with Gasteiger partial charge in [-0.15, -0.1) is 11.3 Å². The Morgan fingerprint density at radius 3 is 2.53 bits per heavy atom. The number of hydrogen-bond acceptors (Lipinski definition) is 4. The van der Waals surface area contributed by atoms with Crippen LogP contribution < -0.4 is 5.32 Å². The minimum absolute atomic E-state index is 0.141. The number of aryl methyl sites for hydroxylation is 1. The Labute approximate surface area is 180 Å². The molecule has 0 bridgehead atoms. The number of benzene rings is 2. The van der Waals surface area contributed by atoms with Gasteiger partial charge in [-0.3, -0.25) is 9.69 Å². The van der Waals surface area contributed by atoms with Crippen molar-refractivity contribution < 1.29 is 13.9 Å². The summed E-state index contributed by atoms with van der Waals surface area (Å²) in [4.78, 5) is 16.3. The summed E-state index contributed by atoms with van der Waals surface area (Å²) in [5.74, 6) is -0.400. The summed E-state index contributed by atoms with van der Waals surface area (Å²) in [7, 11) is 0. The standard InChI is InChI=1S/C24H25FN2O2S/c1-16-17(2)30-24(26-23(28)18-7-4-3-5-8-18)21(16)22(27-11-13-29-14-12-27)19-9-6-10-20(25)15-19/h3-10,15,22H,11-14H2,1-2H3,(H,26,28). The van der Waals surface area contributed by atoms with Gasteiger partial charge in [-0.1, -0.05) is 30.3 Å². The molecule has 1 atom stereocenters. The van der Waals surface area contributed by atoms with Gasteiger partial charge in [0.2, 0.25) is 0 Å². The lowest BCUT2D eigenvalue weighted by atomic mass is 9.94. The molecule has 3 aromatic rings. The summed E-state index contributed by atoms with van der Waals surface area (Å²) < 4.78 is 19.7. The number of halogens is 1. The van der Waals surface area contributed by atoms with E-state index in [0.717, 1.165) is 39.7 Å². The fraction of sp³-hybridized carbons (Fsp3) is 0.292. The van der Waals surface area contributed by atoms with E-state index < -0.39 is 0 Å². The first-order valence-corrected chi connectivity index (χ1v) is 10.9. The average molecular weight is 425 g/mol. The number of carbonyl (C=O) groups is 1. The lowest BCUT2D eigenvalue weighted by molar-refractivity contribution is 0.0240. The third kappa shape index (κ3) is 4.31. The lowest BCUT2D eigenvalue weighted by Gasteiger charge is -2.35. The molecule has 2 aromatic carbocycles. The number of anilines is 1. The van der Waals surface area contributed by atoms with Crippen molar-refractivity contribution in [2.75, 3.05) is 31.6 Å². The highest BCUT2D eigenvalue weighted by atomic mass is 32.1. The number of morpholine rings is 1. The molecular formula is C24H25FN2O2S. The normalized spacial score (nSPS) is 15.7. The molecule has 4 rings (SSSR count). The van der Waals surface area contributed by atoms with Gasteiger partial charge in [0.25, 0.3) is 5.91 Å². The first kappa shape index (κ1) is 20.7. The van der Waals surface area contributed by atoms with E-state index in [4.69, 9.17) is 4.74 Å². The molecule has 6 heteroatoms. The van der Waals surface area contributed by atoms with Crippen LogP contribution >= 0.6 is 11.3 Å². The third-order valence-corrected chi connectivity index (χ3v) is 6.68. The minimum Gasteiger partial charge on any atom is -0.379 e. The summed E-state index contributed by atoms with van der Waals surface area (Å²) in [5.41, 5.74) is 3.66. The van der Waals surface area contributed by atoms with Crippen LogP contribution in [0, 0.1) is 19.7 Å². The van der Waals surface area contributed by atoms with Crippen molar-refractivity contribution in [3.8, 4) is 0 Å². The van der Waals surface area contributed by atoms with E-state index in [1.165, 1.54) is 6.07 Å². The molecule has 1 N–H and O–H groups in total. The third-order valence-electron chi connectivity index (χ3n) is 5.54. The van der Waals surface area contributed by atoms with Crippen molar-refractivity contribution in [3.05, 3.63) is 87.5 Å². The van der Waals surface area contributed by atoms with Crippen molar-refractivity contribution >= 4 is 22.2 Å². The summed E-state index contributed by atoms with van der Waals surface area (Å²) in [5, 5.41) is 3.94. The highest BCUT2D eigenvalue weighted by molar-refractivity contribution is 7.16. The molecule has 0 saturated carbocycles. The van der Waals surface area contributed by atoms with E-state index in [9.17, 15) is 9.18 Å². The maximum absolute atomic E-state index is 14.1. The summed E-state index contributed by atoms with van der Waals surface area (Å²) in [6.07, 6.45) is 0. The van der Waals surface area contributed by atoms with Gasteiger partial charge < -0.3 is 10.1 Å². The van der Waals surface area contributed by atoms with Gasteiger partial charge in [0, 0.05) is 29.1 Å². The Balaban J connectivity index is 1.77. The van der Waals surface area contributed by atoms with E-state index in [1.54, 1.807) is 35.6 Å². The molecule has 0 spiro atoms. The number of rotatable bonds is 5. The Morgan fingerprint density at radius 1 is 1.10 bits per heavy atom. The van der Waals surface area contributed by atoms with Gasteiger partial charge in [0.05, 0.1) is 19.3 Å². The summed E-state index contributed by atoms with van der Waals surface area (Å²) in [6, 6.07) is 15.8. The number of thiophene rings is 1. The van der Waals surface area contributed by atoms with Gasteiger partial charge in [0.1, 0.15) is 10.8 Å². The first-order valence-electron chi connectivity index (χ1n) is 10.1. The van der Waals surface area contributed by atoms with Crippen LogP contribution in [0.15, 0.2) is 54.6 Å². The zero-order valence-electron chi connectivity index (χ0n) is 17.2. The molecule has 0 aliphatic carbocycles. The van der Waals surface area contributed by atoms with Gasteiger partial charge in [-0.05, 0) is 49.2 Å². The zero-order chi connectivity index (χ0) is 21.1. The highest BCUT2D eigenvalue weighted by Gasteiger charge is 2.30. The van der Waals surface area contributed by atoms with Crippen LogP contribution in [0.3, 0.4) is 0 Å². The molecule has 156 valence electrons. The molecule has 1 unspecified atom stereocenters. The van der Waals surface area contributed by atoms with Crippen LogP contribution in [0.2, 0.25) is 0 Å². The smallest absolute Gasteiger partial charge is 0.256 e. The van der Waals surface area contributed by atoms with E-state index in [2.05, 4.69) is 24.1 Å². The van der Waals surface area contributed by atoms with Crippen LogP contribution in [0.1, 0.15) is 38.0 Å². The van der Waals surface area contributed by atoms with Crippen LogP contribution in [-0.4, -0.2) is 37.1 Å². The van der Waals surface area contributed by atoms with Gasteiger partial charge in [-0.2, -0.15) is 0 Å². The zero-order valence-corrected chi connectivity index (χ0v) is 18.0. The number of amides is 1. The van der Waals surface area contributed by atoms with Crippen molar-refractivity contribution in [2.45, 2.75) is 19.9 Å². The van der Waals surface area contributed by atoms with Gasteiger partial charge in [-0.25, -0.2) is 4.39 Å². The van der Waals surface area contributed by atoms with Crippen molar-refractivity contribution in [2.24, 2.45) is 0 Å². The van der Waals surface area contributed by atoms with E-state index >= 15 is 0 Å². The molecule has 1 aliphatic rings. The Morgan fingerprint density at radius 2 is 1.83 bits per heavy atom. The van der Waals surface area contributed by atoms with Crippen LogP contribution in [0.4, 0.5) is 9.39 Å². The first-order chi connectivity index (χ1) is 14.5. The van der Waals surface area contributed by atoms with Crippen LogP contribution in [0.5, 0.6) is 0 Å². The summed E-state index contributed by atoms with van der Waals surface area (Å²) >= 11 is 1.57. The predicted molar refractivity (Wildman–Crippen MR) is 119 cm³/mol. The van der Waals surface area contributed by atoms with E-state index in [-0.39, 0.29) is 17.8 Å². The van der Waals surface area contributed by atoms with Crippen molar-refractivity contribution in [1.29, 1.82) is 0 Å². The monoisotopic (exact) mass is 424 g/mol. The molecule has 30 heavy (non-hydrogen) atoms. The lowest BCUT2D eigenvalue weighted by Crippen LogP contribution is -2.40. The minimum atomic E-state index is -0.259. The Hall–Kier alpha value is -2.54. The fourth-order valence-electron chi connectivity index (χ4n) is 3.90. The largest absolute Gasteiger partial charge is 0.379 e. The van der Waals surface area contributed by atoms with E-state index in [1.807, 2.05) is 24.3 Å². The van der Waals surface area contributed by atoms with Gasteiger partial charge >= 0.3 is 0 Å². The highest BCUT2D eigenvalue weighted by Crippen LogP contribution is 2.42. The second kappa shape index (κ2) is 9.08. The number of nitrogens with one attached hydrogen (secondary N) is 1. The average Bonchev–Trinajstić information content (AvgIpc) is 3.03. The van der Waals surface area contributed by atoms with E-state index in [0.29, 0.717) is 18.8 Å². The van der Waals surface area contributed by atoms with Crippen LogP contribution in [0.25, 0.3) is 0 Å². The molecule has 0 radical (unpaired) electrons. The predicted octanol–water partition coefficient (Wildman–Crippen LogP) is 5.18.